The molecular formula is C18H13Cl2N5O3S3. The number of hydrazone groups is 1. The number of hydrogen-bond donors (Lipinski definition) is 1. The molecule has 0 unspecified atom stereocenters. The van der Waals surface area contributed by atoms with Gasteiger partial charge >= 0.3 is 0 Å². The molecule has 3 rings (SSSR count). The van der Waals surface area contributed by atoms with Crippen molar-refractivity contribution in [1.82, 2.24) is 15.6 Å². The molecule has 3 aromatic rings. The lowest BCUT2D eigenvalue weighted by Crippen LogP contribution is -2.19. The summed E-state index contributed by atoms with van der Waals surface area (Å²) in [6, 6.07) is 11.8. The van der Waals surface area contributed by atoms with Gasteiger partial charge in [-0.1, -0.05) is 82.3 Å². The van der Waals surface area contributed by atoms with E-state index in [0.717, 1.165) is 9.90 Å². The minimum Gasteiger partial charge on any atom is -0.272 e. The summed E-state index contributed by atoms with van der Waals surface area (Å²) >= 11 is 16.1. The van der Waals surface area contributed by atoms with Crippen LogP contribution >= 0.6 is 58.1 Å². The van der Waals surface area contributed by atoms with Gasteiger partial charge in [0.2, 0.25) is 0 Å². The number of nitro groups is 1. The molecule has 0 aliphatic rings. The highest BCUT2D eigenvalue weighted by Crippen LogP contribution is 2.32. The normalized spacial score (nSPS) is 11.0. The molecule has 0 spiro atoms. The highest BCUT2D eigenvalue weighted by molar-refractivity contribution is 8.03. The Morgan fingerprint density at radius 1 is 1.16 bits per heavy atom. The third-order valence-electron chi connectivity index (χ3n) is 3.59. The topological polar surface area (TPSA) is 110 Å². The molecule has 1 N–H and O–H groups in total. The van der Waals surface area contributed by atoms with E-state index in [1.54, 1.807) is 6.07 Å². The van der Waals surface area contributed by atoms with Crippen molar-refractivity contribution in [1.29, 1.82) is 0 Å². The Hall–Kier alpha value is -2.18. The second kappa shape index (κ2) is 11.4. The third-order valence-corrected chi connectivity index (χ3v) is 7.52. The van der Waals surface area contributed by atoms with Crippen LogP contribution in [0.5, 0.6) is 0 Å². The maximum Gasteiger partial charge on any atom is 0.288 e. The molecule has 13 heteroatoms. The van der Waals surface area contributed by atoms with Crippen LogP contribution in [-0.2, 0) is 10.5 Å². The van der Waals surface area contributed by atoms with Crippen molar-refractivity contribution >= 4 is 75.9 Å². The summed E-state index contributed by atoms with van der Waals surface area (Å²) in [5, 5.41) is 23.6. The lowest BCUT2D eigenvalue weighted by atomic mass is 10.2. The smallest absolute Gasteiger partial charge is 0.272 e. The van der Waals surface area contributed by atoms with Crippen molar-refractivity contribution in [2.24, 2.45) is 5.10 Å². The van der Waals surface area contributed by atoms with E-state index in [0.29, 0.717) is 20.7 Å². The first-order valence-electron chi connectivity index (χ1n) is 8.50. The Bertz CT molecular complexity index is 1130. The number of rotatable bonds is 9. The van der Waals surface area contributed by atoms with Crippen molar-refractivity contribution < 1.29 is 9.72 Å². The highest BCUT2D eigenvalue weighted by Gasteiger charge is 2.12. The van der Waals surface area contributed by atoms with Crippen LogP contribution in [0.2, 0.25) is 10.0 Å². The fraction of sp³-hybridized carbons (Fsp3) is 0.111. The predicted molar refractivity (Wildman–Crippen MR) is 125 cm³/mol. The Balaban J connectivity index is 1.45. The Labute approximate surface area is 199 Å². The molecule has 0 bridgehead atoms. The van der Waals surface area contributed by atoms with Crippen LogP contribution in [0.1, 0.15) is 11.1 Å². The quantitative estimate of drug-likeness (QED) is 0.179. The van der Waals surface area contributed by atoms with Crippen LogP contribution in [-0.4, -0.2) is 33.0 Å². The zero-order valence-electron chi connectivity index (χ0n) is 15.5. The summed E-state index contributed by atoms with van der Waals surface area (Å²) in [6.45, 7) is 0. The SMILES string of the molecule is O=C(CSc1nnc(SCc2ccccc2Cl)s1)N/N=C/c1ccc(Cl)c([N+](=O)[O-])c1. The lowest BCUT2D eigenvalue weighted by molar-refractivity contribution is -0.384. The van der Waals surface area contributed by atoms with E-state index in [9.17, 15) is 14.9 Å². The number of carbonyl (C=O) groups is 1. The summed E-state index contributed by atoms with van der Waals surface area (Å²) in [7, 11) is 0. The van der Waals surface area contributed by atoms with Gasteiger partial charge in [0.25, 0.3) is 11.6 Å². The number of halogens is 2. The second-order valence-corrected chi connectivity index (χ2v) is 10.0. The largest absolute Gasteiger partial charge is 0.288 e. The molecule has 1 amide bonds. The first-order valence-corrected chi connectivity index (χ1v) is 12.0. The predicted octanol–water partition coefficient (Wildman–Crippen LogP) is 5.29. The molecule has 1 heterocycles. The summed E-state index contributed by atoms with van der Waals surface area (Å²) in [5.74, 6) is 0.434. The van der Waals surface area contributed by atoms with Crippen LogP contribution in [0.3, 0.4) is 0 Å². The molecule has 160 valence electrons. The Morgan fingerprint density at radius 3 is 2.65 bits per heavy atom. The van der Waals surface area contributed by atoms with Gasteiger partial charge in [0.15, 0.2) is 8.68 Å². The number of thioether (sulfide) groups is 2. The second-order valence-electron chi connectivity index (χ2n) is 5.76. The van der Waals surface area contributed by atoms with Crippen LogP contribution in [0, 0.1) is 10.1 Å². The van der Waals surface area contributed by atoms with Gasteiger partial charge in [-0.3, -0.25) is 14.9 Å². The Kier molecular flexibility index (Phi) is 8.67. The number of nitrogens with one attached hydrogen (secondary N) is 1. The van der Waals surface area contributed by atoms with Gasteiger partial charge in [-0.15, -0.1) is 10.2 Å². The minimum atomic E-state index is -0.585. The van der Waals surface area contributed by atoms with E-state index in [4.69, 9.17) is 23.2 Å². The van der Waals surface area contributed by atoms with E-state index in [2.05, 4.69) is 20.7 Å². The summed E-state index contributed by atoms with van der Waals surface area (Å²) in [5.41, 5.74) is 3.59. The summed E-state index contributed by atoms with van der Waals surface area (Å²) < 4.78 is 1.44. The first kappa shape index (κ1) is 23.5. The number of benzene rings is 2. The van der Waals surface area contributed by atoms with Gasteiger partial charge < -0.3 is 0 Å². The van der Waals surface area contributed by atoms with Gasteiger partial charge in [-0.25, -0.2) is 5.43 Å². The van der Waals surface area contributed by atoms with E-state index in [1.807, 2.05) is 24.3 Å². The van der Waals surface area contributed by atoms with Crippen LogP contribution in [0.15, 0.2) is 56.2 Å². The standard InChI is InChI=1S/C18H13Cl2N5O3S3/c19-13-4-2-1-3-12(13)9-29-17-23-24-18(31-17)30-10-16(26)22-21-8-11-5-6-14(20)15(7-11)25(27)28/h1-8H,9-10H2,(H,22,26)/b21-8+. The number of amides is 1. The van der Waals surface area contributed by atoms with Crippen molar-refractivity contribution in [3.8, 4) is 0 Å². The zero-order chi connectivity index (χ0) is 22.2. The average Bonchev–Trinajstić information content (AvgIpc) is 3.20. The molecule has 2 aromatic carbocycles. The van der Waals surface area contributed by atoms with E-state index in [-0.39, 0.29) is 22.4 Å². The van der Waals surface area contributed by atoms with Crippen molar-refractivity contribution in [3.05, 3.63) is 73.8 Å². The van der Waals surface area contributed by atoms with Gasteiger partial charge in [0.05, 0.1) is 16.9 Å². The fourth-order valence-corrected chi connectivity index (χ4v) is 5.44. The highest BCUT2D eigenvalue weighted by atomic mass is 35.5. The van der Waals surface area contributed by atoms with Gasteiger partial charge in [-0.2, -0.15) is 5.10 Å². The molecule has 0 fully saturated rings. The number of carbonyl (C=O) groups excluding carboxylic acids is 1. The average molecular weight is 514 g/mol. The van der Waals surface area contributed by atoms with E-state index >= 15 is 0 Å². The van der Waals surface area contributed by atoms with Crippen LogP contribution in [0.4, 0.5) is 5.69 Å². The van der Waals surface area contributed by atoms with Gasteiger partial charge in [0.1, 0.15) is 5.02 Å². The van der Waals surface area contributed by atoms with Gasteiger partial charge in [0, 0.05) is 22.4 Å². The van der Waals surface area contributed by atoms with Gasteiger partial charge in [-0.05, 0) is 17.7 Å². The van der Waals surface area contributed by atoms with Crippen LogP contribution < -0.4 is 5.43 Å². The van der Waals surface area contributed by atoms with Crippen LogP contribution in [0.25, 0.3) is 0 Å². The monoisotopic (exact) mass is 513 g/mol. The molecule has 31 heavy (non-hydrogen) atoms. The summed E-state index contributed by atoms with van der Waals surface area (Å²) in [4.78, 5) is 22.3. The molecule has 0 aliphatic carbocycles. The number of hydrogen-bond acceptors (Lipinski definition) is 9. The molecule has 0 atom stereocenters. The summed E-state index contributed by atoms with van der Waals surface area (Å²) in [6.07, 6.45) is 1.31. The van der Waals surface area contributed by atoms with E-state index < -0.39 is 4.92 Å². The molecule has 8 nitrogen and oxygen atoms in total. The Morgan fingerprint density at radius 2 is 1.90 bits per heavy atom. The lowest BCUT2D eigenvalue weighted by Gasteiger charge is -2.00. The number of aromatic nitrogens is 2. The maximum atomic E-state index is 12.0. The maximum absolute atomic E-state index is 12.0. The molecule has 1 aromatic heterocycles. The molecule has 0 saturated carbocycles. The fourth-order valence-electron chi connectivity index (χ4n) is 2.16. The minimum absolute atomic E-state index is 0.0315. The van der Waals surface area contributed by atoms with Crippen molar-refractivity contribution in [2.45, 2.75) is 14.4 Å². The molecular weight excluding hydrogens is 501 g/mol. The molecule has 0 aliphatic heterocycles. The van der Waals surface area contributed by atoms with Crippen molar-refractivity contribution in [2.75, 3.05) is 5.75 Å². The van der Waals surface area contributed by atoms with E-state index in [1.165, 1.54) is 53.2 Å². The number of nitro benzene ring substituents is 1. The molecule has 0 saturated heterocycles. The first-order chi connectivity index (χ1) is 14.9. The number of nitrogens with zero attached hydrogens (tertiary/aromatic N) is 4. The molecule has 0 radical (unpaired) electrons. The third kappa shape index (κ3) is 7.18. The van der Waals surface area contributed by atoms with Crippen molar-refractivity contribution in [3.63, 3.8) is 0 Å². The zero-order valence-corrected chi connectivity index (χ0v) is 19.5.